The van der Waals surface area contributed by atoms with Crippen molar-refractivity contribution in [2.24, 2.45) is 17.6 Å². The molecule has 3 atom stereocenters. The predicted molar refractivity (Wildman–Crippen MR) is 54.7 cm³/mol. The normalized spacial score (nSPS) is 34.9. The van der Waals surface area contributed by atoms with Crippen molar-refractivity contribution in [3.63, 3.8) is 0 Å². The van der Waals surface area contributed by atoms with Gasteiger partial charge in [-0.05, 0) is 24.3 Å². The second kappa shape index (κ2) is 4.32. The molecule has 2 heterocycles. The van der Waals surface area contributed by atoms with E-state index in [0.29, 0.717) is 11.8 Å². The number of hydrogen-bond donors (Lipinski definition) is 1. The topological polar surface area (TPSA) is 44.5 Å². The van der Waals surface area contributed by atoms with Gasteiger partial charge in [0.25, 0.3) is 0 Å². The van der Waals surface area contributed by atoms with Gasteiger partial charge in [0.05, 0.1) is 12.6 Å². The molecule has 2 aliphatic rings. The van der Waals surface area contributed by atoms with Crippen molar-refractivity contribution in [1.82, 2.24) is 0 Å². The van der Waals surface area contributed by atoms with Gasteiger partial charge in [0.15, 0.2) is 0 Å². The average Bonchev–Trinajstić information content (AvgIpc) is 2.70. The summed E-state index contributed by atoms with van der Waals surface area (Å²) in [5.41, 5.74) is 6.20. The van der Waals surface area contributed by atoms with E-state index in [4.69, 9.17) is 15.2 Å². The van der Waals surface area contributed by atoms with E-state index in [1.807, 2.05) is 0 Å². The molecule has 1 fully saturated rings. The molecular formula is C11H19NO2. The standard InChI is InChI=1S/C11H19NO2/c1-8-7-13-6-4-9(8)11(12)10-3-2-5-14-10/h3,8-9,11H,2,4-7,12H2,1H3. The van der Waals surface area contributed by atoms with Gasteiger partial charge in [-0.2, -0.15) is 0 Å². The average molecular weight is 197 g/mol. The summed E-state index contributed by atoms with van der Waals surface area (Å²) in [4.78, 5) is 0. The highest BCUT2D eigenvalue weighted by Gasteiger charge is 2.31. The Labute approximate surface area is 85.3 Å². The highest BCUT2D eigenvalue weighted by Crippen LogP contribution is 2.28. The Morgan fingerprint density at radius 1 is 1.50 bits per heavy atom. The van der Waals surface area contributed by atoms with Crippen molar-refractivity contribution < 1.29 is 9.47 Å². The molecule has 2 rings (SSSR count). The highest BCUT2D eigenvalue weighted by molar-refractivity contribution is 5.08. The first kappa shape index (κ1) is 9.99. The first-order valence-corrected chi connectivity index (χ1v) is 5.45. The maximum absolute atomic E-state index is 6.20. The van der Waals surface area contributed by atoms with E-state index in [1.54, 1.807) is 0 Å². The van der Waals surface area contributed by atoms with Crippen LogP contribution in [0.5, 0.6) is 0 Å². The minimum atomic E-state index is 0.0800. The first-order chi connectivity index (χ1) is 6.79. The second-order valence-corrected chi connectivity index (χ2v) is 4.27. The Hall–Kier alpha value is -0.540. The Bertz CT molecular complexity index is 227. The summed E-state index contributed by atoms with van der Waals surface area (Å²) in [5, 5.41) is 0. The molecule has 3 unspecified atom stereocenters. The van der Waals surface area contributed by atoms with E-state index in [0.717, 1.165) is 38.4 Å². The van der Waals surface area contributed by atoms with E-state index in [9.17, 15) is 0 Å². The lowest BCUT2D eigenvalue weighted by Gasteiger charge is -2.33. The van der Waals surface area contributed by atoms with Gasteiger partial charge in [0.1, 0.15) is 5.76 Å². The molecule has 80 valence electrons. The Morgan fingerprint density at radius 3 is 3.00 bits per heavy atom. The van der Waals surface area contributed by atoms with Gasteiger partial charge in [0.2, 0.25) is 0 Å². The van der Waals surface area contributed by atoms with Gasteiger partial charge < -0.3 is 15.2 Å². The third-order valence-electron chi connectivity index (χ3n) is 3.23. The Morgan fingerprint density at radius 2 is 2.36 bits per heavy atom. The van der Waals surface area contributed by atoms with Crippen molar-refractivity contribution in [2.45, 2.75) is 25.8 Å². The van der Waals surface area contributed by atoms with Crippen LogP contribution in [0.25, 0.3) is 0 Å². The summed E-state index contributed by atoms with van der Waals surface area (Å²) in [6.45, 7) is 4.70. The van der Waals surface area contributed by atoms with Gasteiger partial charge in [-0.15, -0.1) is 0 Å². The molecule has 0 aromatic carbocycles. The predicted octanol–water partition coefficient (Wildman–Crippen LogP) is 1.29. The van der Waals surface area contributed by atoms with E-state index in [1.165, 1.54) is 0 Å². The van der Waals surface area contributed by atoms with Crippen LogP contribution in [-0.2, 0) is 9.47 Å². The minimum Gasteiger partial charge on any atom is -0.496 e. The summed E-state index contributed by atoms with van der Waals surface area (Å²) in [5.74, 6) is 2.07. The second-order valence-electron chi connectivity index (χ2n) is 4.27. The van der Waals surface area contributed by atoms with Crippen molar-refractivity contribution in [1.29, 1.82) is 0 Å². The fourth-order valence-electron chi connectivity index (χ4n) is 2.31. The monoisotopic (exact) mass is 197 g/mol. The summed E-state index contributed by atoms with van der Waals surface area (Å²) >= 11 is 0. The molecule has 0 aromatic rings. The molecule has 14 heavy (non-hydrogen) atoms. The molecule has 0 saturated carbocycles. The van der Waals surface area contributed by atoms with E-state index >= 15 is 0 Å². The number of nitrogens with two attached hydrogens (primary N) is 1. The molecular weight excluding hydrogens is 178 g/mol. The van der Waals surface area contributed by atoms with Gasteiger partial charge in [-0.25, -0.2) is 0 Å². The summed E-state index contributed by atoms with van der Waals surface area (Å²) in [6.07, 6.45) is 4.20. The molecule has 0 radical (unpaired) electrons. The fraction of sp³-hybridized carbons (Fsp3) is 0.818. The minimum absolute atomic E-state index is 0.0800. The van der Waals surface area contributed by atoms with Crippen LogP contribution in [0.15, 0.2) is 11.8 Å². The molecule has 0 spiro atoms. The lowest BCUT2D eigenvalue weighted by atomic mass is 9.83. The molecule has 2 aliphatic heterocycles. The van der Waals surface area contributed by atoms with Gasteiger partial charge in [-0.3, -0.25) is 0 Å². The molecule has 0 bridgehead atoms. The SMILES string of the molecule is CC1COCCC1C(N)C1=CCCO1. The van der Waals surface area contributed by atoms with E-state index in [2.05, 4.69) is 13.0 Å². The van der Waals surface area contributed by atoms with Gasteiger partial charge in [-0.1, -0.05) is 6.92 Å². The lowest BCUT2D eigenvalue weighted by molar-refractivity contribution is 0.0136. The van der Waals surface area contributed by atoms with Crippen LogP contribution in [0.2, 0.25) is 0 Å². The van der Waals surface area contributed by atoms with Crippen LogP contribution in [0.4, 0.5) is 0 Å². The van der Waals surface area contributed by atoms with Crippen molar-refractivity contribution in [2.75, 3.05) is 19.8 Å². The molecule has 3 nitrogen and oxygen atoms in total. The third kappa shape index (κ3) is 1.93. The molecule has 0 amide bonds. The number of rotatable bonds is 2. The molecule has 2 N–H and O–H groups in total. The first-order valence-electron chi connectivity index (χ1n) is 5.45. The van der Waals surface area contributed by atoms with E-state index in [-0.39, 0.29) is 6.04 Å². The van der Waals surface area contributed by atoms with Crippen LogP contribution in [-0.4, -0.2) is 25.9 Å². The van der Waals surface area contributed by atoms with Gasteiger partial charge in [0, 0.05) is 19.6 Å². The maximum atomic E-state index is 6.20. The maximum Gasteiger partial charge on any atom is 0.109 e. The highest BCUT2D eigenvalue weighted by atomic mass is 16.5. The number of hydrogen-bond acceptors (Lipinski definition) is 3. The van der Waals surface area contributed by atoms with Crippen LogP contribution in [0.3, 0.4) is 0 Å². The van der Waals surface area contributed by atoms with Crippen LogP contribution < -0.4 is 5.73 Å². The number of ether oxygens (including phenoxy) is 2. The third-order valence-corrected chi connectivity index (χ3v) is 3.23. The fourth-order valence-corrected chi connectivity index (χ4v) is 2.31. The van der Waals surface area contributed by atoms with Gasteiger partial charge >= 0.3 is 0 Å². The molecule has 3 heteroatoms. The summed E-state index contributed by atoms with van der Waals surface area (Å²) in [6, 6.07) is 0.0800. The Kier molecular flexibility index (Phi) is 3.08. The van der Waals surface area contributed by atoms with E-state index < -0.39 is 0 Å². The lowest BCUT2D eigenvalue weighted by Crippen LogP contribution is -2.40. The quantitative estimate of drug-likeness (QED) is 0.725. The Balaban J connectivity index is 1.98. The molecule has 0 aromatic heterocycles. The zero-order chi connectivity index (χ0) is 9.97. The largest absolute Gasteiger partial charge is 0.496 e. The van der Waals surface area contributed by atoms with Crippen molar-refractivity contribution in [3.8, 4) is 0 Å². The smallest absolute Gasteiger partial charge is 0.109 e. The zero-order valence-corrected chi connectivity index (χ0v) is 8.74. The van der Waals surface area contributed by atoms with Crippen molar-refractivity contribution in [3.05, 3.63) is 11.8 Å². The molecule has 0 aliphatic carbocycles. The van der Waals surface area contributed by atoms with Crippen molar-refractivity contribution >= 4 is 0 Å². The van der Waals surface area contributed by atoms with Crippen LogP contribution in [0.1, 0.15) is 19.8 Å². The van der Waals surface area contributed by atoms with Crippen LogP contribution >= 0.6 is 0 Å². The molecule has 1 saturated heterocycles. The van der Waals surface area contributed by atoms with Crippen LogP contribution in [0, 0.1) is 11.8 Å². The summed E-state index contributed by atoms with van der Waals surface area (Å²) < 4.78 is 10.9. The zero-order valence-electron chi connectivity index (χ0n) is 8.74. The summed E-state index contributed by atoms with van der Waals surface area (Å²) in [7, 11) is 0.